The maximum Gasteiger partial charge on any atom is 0.338 e. The Hall–Kier alpha value is -1.91. The third kappa shape index (κ3) is 4.53. The fourth-order valence-corrected chi connectivity index (χ4v) is 2.95. The SMILES string of the molecule is C[C@@H]1[C@@H](C)CCC[C@H]1NC(=O)[C@@H](C)OC(=O)c1ccc(F)cc1. The summed E-state index contributed by atoms with van der Waals surface area (Å²) >= 11 is 0. The molecule has 1 aliphatic carbocycles. The minimum atomic E-state index is -0.878. The number of hydrogen-bond acceptors (Lipinski definition) is 3. The molecule has 0 radical (unpaired) electrons. The van der Waals surface area contributed by atoms with E-state index < -0.39 is 17.9 Å². The molecule has 1 saturated carbocycles. The van der Waals surface area contributed by atoms with Crippen LogP contribution >= 0.6 is 0 Å². The first-order chi connectivity index (χ1) is 10.9. The average molecular weight is 321 g/mol. The Morgan fingerprint density at radius 1 is 1.22 bits per heavy atom. The largest absolute Gasteiger partial charge is 0.449 e. The van der Waals surface area contributed by atoms with E-state index in [1.807, 2.05) is 0 Å². The molecule has 4 atom stereocenters. The molecule has 126 valence electrons. The van der Waals surface area contributed by atoms with Crippen LogP contribution in [0.15, 0.2) is 24.3 Å². The lowest BCUT2D eigenvalue weighted by molar-refractivity contribution is -0.130. The molecular formula is C18H24FNO3. The third-order valence-electron chi connectivity index (χ3n) is 4.77. The van der Waals surface area contributed by atoms with Crippen LogP contribution in [-0.2, 0) is 9.53 Å². The highest BCUT2D eigenvalue weighted by molar-refractivity contribution is 5.92. The van der Waals surface area contributed by atoms with E-state index in [4.69, 9.17) is 4.74 Å². The fourth-order valence-electron chi connectivity index (χ4n) is 2.95. The van der Waals surface area contributed by atoms with Gasteiger partial charge in [-0.2, -0.15) is 0 Å². The number of ether oxygens (including phenoxy) is 1. The number of rotatable bonds is 4. The molecule has 1 N–H and O–H groups in total. The second kappa shape index (κ2) is 7.57. The molecule has 0 bridgehead atoms. The van der Waals surface area contributed by atoms with E-state index in [2.05, 4.69) is 19.2 Å². The maximum absolute atomic E-state index is 12.9. The number of esters is 1. The molecule has 0 aromatic heterocycles. The number of halogens is 1. The lowest BCUT2D eigenvalue weighted by Crippen LogP contribution is -2.47. The maximum atomic E-state index is 12.9. The third-order valence-corrected chi connectivity index (χ3v) is 4.77. The second-order valence-corrected chi connectivity index (χ2v) is 6.44. The molecule has 1 amide bonds. The van der Waals surface area contributed by atoms with Crippen molar-refractivity contribution < 1.29 is 18.7 Å². The summed E-state index contributed by atoms with van der Waals surface area (Å²) < 4.78 is 18.0. The lowest BCUT2D eigenvalue weighted by Gasteiger charge is -2.35. The predicted molar refractivity (Wildman–Crippen MR) is 85.4 cm³/mol. The zero-order valence-electron chi connectivity index (χ0n) is 13.8. The summed E-state index contributed by atoms with van der Waals surface area (Å²) in [6, 6.07) is 5.18. The van der Waals surface area contributed by atoms with Crippen LogP contribution in [-0.4, -0.2) is 24.0 Å². The van der Waals surface area contributed by atoms with Crippen LogP contribution in [0.4, 0.5) is 4.39 Å². The van der Waals surface area contributed by atoms with Gasteiger partial charge in [-0.1, -0.05) is 26.7 Å². The van der Waals surface area contributed by atoms with Crippen LogP contribution < -0.4 is 5.32 Å². The summed E-state index contributed by atoms with van der Waals surface area (Å²) in [4.78, 5) is 24.2. The van der Waals surface area contributed by atoms with Gasteiger partial charge in [0, 0.05) is 6.04 Å². The monoisotopic (exact) mass is 321 g/mol. The first kappa shape index (κ1) is 17.4. The summed E-state index contributed by atoms with van der Waals surface area (Å²) in [7, 11) is 0. The van der Waals surface area contributed by atoms with Gasteiger partial charge in [-0.25, -0.2) is 9.18 Å². The van der Waals surface area contributed by atoms with Crippen LogP contribution in [0.5, 0.6) is 0 Å². The zero-order valence-corrected chi connectivity index (χ0v) is 13.8. The van der Waals surface area contributed by atoms with Crippen LogP contribution in [0, 0.1) is 17.7 Å². The smallest absolute Gasteiger partial charge is 0.338 e. The van der Waals surface area contributed by atoms with Gasteiger partial charge >= 0.3 is 5.97 Å². The van der Waals surface area contributed by atoms with Gasteiger partial charge in [-0.15, -0.1) is 0 Å². The van der Waals surface area contributed by atoms with Crippen LogP contribution in [0.1, 0.15) is 50.4 Å². The van der Waals surface area contributed by atoms with E-state index in [9.17, 15) is 14.0 Å². The van der Waals surface area contributed by atoms with Crippen molar-refractivity contribution in [3.05, 3.63) is 35.6 Å². The van der Waals surface area contributed by atoms with Crippen LogP contribution in [0.3, 0.4) is 0 Å². The van der Waals surface area contributed by atoms with Crippen molar-refractivity contribution in [2.45, 2.75) is 52.2 Å². The first-order valence-corrected chi connectivity index (χ1v) is 8.15. The molecule has 1 aromatic rings. The molecule has 0 saturated heterocycles. The summed E-state index contributed by atoms with van der Waals surface area (Å²) in [6.45, 7) is 5.89. The number of carbonyl (C=O) groups is 2. The van der Waals surface area contributed by atoms with E-state index in [1.165, 1.54) is 30.7 Å². The highest BCUT2D eigenvalue weighted by atomic mass is 19.1. The molecule has 0 spiro atoms. The molecule has 5 heteroatoms. The van der Waals surface area contributed by atoms with Crippen molar-refractivity contribution in [2.75, 3.05) is 0 Å². The van der Waals surface area contributed by atoms with Crippen molar-refractivity contribution in [1.29, 1.82) is 0 Å². The number of carbonyl (C=O) groups excluding carboxylic acids is 2. The topological polar surface area (TPSA) is 55.4 Å². The van der Waals surface area contributed by atoms with E-state index in [0.29, 0.717) is 11.8 Å². The van der Waals surface area contributed by atoms with Crippen LogP contribution in [0.2, 0.25) is 0 Å². The number of amides is 1. The molecule has 1 aliphatic rings. The van der Waals surface area contributed by atoms with E-state index in [-0.39, 0.29) is 17.5 Å². The second-order valence-electron chi connectivity index (χ2n) is 6.44. The van der Waals surface area contributed by atoms with Gasteiger partial charge in [-0.05, 0) is 49.4 Å². The Morgan fingerprint density at radius 3 is 2.52 bits per heavy atom. The minimum Gasteiger partial charge on any atom is -0.449 e. The molecule has 0 unspecified atom stereocenters. The number of nitrogens with one attached hydrogen (secondary N) is 1. The number of benzene rings is 1. The van der Waals surface area contributed by atoms with E-state index in [1.54, 1.807) is 6.92 Å². The van der Waals surface area contributed by atoms with Gasteiger partial charge < -0.3 is 10.1 Å². The van der Waals surface area contributed by atoms with Crippen molar-refractivity contribution in [3.63, 3.8) is 0 Å². The van der Waals surface area contributed by atoms with E-state index >= 15 is 0 Å². The minimum absolute atomic E-state index is 0.123. The Labute approximate surface area is 136 Å². The molecular weight excluding hydrogens is 297 g/mol. The molecule has 2 rings (SSSR count). The van der Waals surface area contributed by atoms with Gasteiger partial charge in [0.15, 0.2) is 6.10 Å². The molecule has 0 aliphatic heterocycles. The molecule has 1 fully saturated rings. The van der Waals surface area contributed by atoms with Gasteiger partial charge in [0.25, 0.3) is 5.91 Å². The zero-order chi connectivity index (χ0) is 17.0. The normalized spacial score (nSPS) is 25.5. The fraction of sp³-hybridized carbons (Fsp3) is 0.556. The van der Waals surface area contributed by atoms with Crippen molar-refractivity contribution in [3.8, 4) is 0 Å². The lowest BCUT2D eigenvalue weighted by atomic mass is 9.78. The Balaban J connectivity index is 1.89. The predicted octanol–water partition coefficient (Wildman–Crippen LogP) is 3.31. The van der Waals surface area contributed by atoms with Gasteiger partial charge in [0.05, 0.1) is 5.56 Å². The summed E-state index contributed by atoms with van der Waals surface area (Å²) in [5.41, 5.74) is 0.228. The summed E-state index contributed by atoms with van der Waals surface area (Å²) in [5.74, 6) is -0.351. The van der Waals surface area contributed by atoms with Gasteiger partial charge in [0.1, 0.15) is 5.82 Å². The Morgan fingerprint density at radius 2 is 1.87 bits per heavy atom. The highest BCUT2D eigenvalue weighted by Crippen LogP contribution is 2.29. The van der Waals surface area contributed by atoms with Crippen LogP contribution in [0.25, 0.3) is 0 Å². The highest BCUT2D eigenvalue weighted by Gasteiger charge is 2.30. The van der Waals surface area contributed by atoms with Crippen molar-refractivity contribution >= 4 is 11.9 Å². The number of hydrogen-bond donors (Lipinski definition) is 1. The Bertz CT molecular complexity index is 558. The first-order valence-electron chi connectivity index (χ1n) is 8.15. The molecule has 4 nitrogen and oxygen atoms in total. The quantitative estimate of drug-likeness (QED) is 0.866. The van der Waals surface area contributed by atoms with E-state index in [0.717, 1.165) is 12.8 Å². The van der Waals surface area contributed by atoms with Crippen molar-refractivity contribution in [1.82, 2.24) is 5.32 Å². The summed E-state index contributed by atoms with van der Waals surface area (Å²) in [5, 5.41) is 2.99. The van der Waals surface area contributed by atoms with Crippen molar-refractivity contribution in [2.24, 2.45) is 11.8 Å². The van der Waals surface area contributed by atoms with Gasteiger partial charge in [0.2, 0.25) is 0 Å². The molecule has 0 heterocycles. The standard InChI is InChI=1S/C18H24FNO3/c1-11-5-4-6-16(12(11)2)20-17(21)13(3)23-18(22)14-7-9-15(19)10-8-14/h7-13,16H,4-6H2,1-3H3,(H,20,21)/t11-,12+,13+,16+/m0/s1. The molecule has 1 aromatic carbocycles. The van der Waals surface area contributed by atoms with Gasteiger partial charge in [-0.3, -0.25) is 4.79 Å². The average Bonchev–Trinajstić information content (AvgIpc) is 2.52. The Kier molecular flexibility index (Phi) is 5.74. The molecule has 23 heavy (non-hydrogen) atoms. The summed E-state index contributed by atoms with van der Waals surface area (Å²) in [6.07, 6.45) is 2.36.